The summed E-state index contributed by atoms with van der Waals surface area (Å²) in [5.41, 5.74) is 0. The lowest BCUT2D eigenvalue weighted by Crippen LogP contribution is -2.44. The van der Waals surface area contributed by atoms with Gasteiger partial charge in [0.05, 0.1) is 18.5 Å². The minimum absolute atomic E-state index is 0.357. The molecule has 0 aliphatic heterocycles. The van der Waals surface area contributed by atoms with Crippen molar-refractivity contribution in [3.05, 3.63) is 0 Å². The van der Waals surface area contributed by atoms with Crippen molar-refractivity contribution in [2.75, 3.05) is 54.1 Å². The van der Waals surface area contributed by atoms with E-state index in [-0.39, 0.29) is 0 Å². The third-order valence-corrected chi connectivity index (χ3v) is 4.72. The van der Waals surface area contributed by atoms with Crippen LogP contribution in [0.5, 0.6) is 0 Å². The van der Waals surface area contributed by atoms with E-state index < -0.39 is 15.3 Å². The van der Waals surface area contributed by atoms with E-state index in [4.69, 9.17) is 9.47 Å². The van der Waals surface area contributed by atoms with E-state index in [1.165, 1.54) is 4.31 Å². The fourth-order valence-corrected chi connectivity index (χ4v) is 2.94. The lowest BCUT2D eigenvalue weighted by atomic mass is 10.5. The van der Waals surface area contributed by atoms with Crippen LogP contribution in [-0.2, 0) is 19.5 Å². The quantitative estimate of drug-likeness (QED) is 0.579. The highest BCUT2D eigenvalue weighted by Crippen LogP contribution is 2.08. The van der Waals surface area contributed by atoms with E-state index in [0.29, 0.717) is 32.8 Å². The maximum absolute atomic E-state index is 12.2. The first-order valence-electron chi connectivity index (χ1n) is 5.62. The molecule has 1 unspecified atom stereocenters. The van der Waals surface area contributed by atoms with Gasteiger partial charge in [-0.1, -0.05) is 0 Å². The second kappa shape index (κ2) is 8.82. The lowest BCUT2D eigenvalue weighted by Gasteiger charge is -2.25. The average molecular weight is 268 g/mol. The molecule has 0 radical (unpaired) electrons. The van der Waals surface area contributed by atoms with Crippen molar-refractivity contribution in [3.8, 4) is 0 Å². The van der Waals surface area contributed by atoms with E-state index >= 15 is 0 Å². The largest absolute Gasteiger partial charge is 0.383 e. The van der Waals surface area contributed by atoms with Gasteiger partial charge in [0.2, 0.25) is 10.0 Å². The predicted octanol–water partition coefficient (Wildman–Crippen LogP) is -0.481. The Morgan fingerprint density at radius 1 is 1.18 bits per heavy atom. The van der Waals surface area contributed by atoms with Gasteiger partial charge in [-0.2, -0.15) is 4.31 Å². The smallest absolute Gasteiger partial charge is 0.218 e. The van der Waals surface area contributed by atoms with Crippen molar-refractivity contribution >= 4 is 10.0 Å². The van der Waals surface area contributed by atoms with Crippen LogP contribution >= 0.6 is 0 Å². The minimum atomic E-state index is -3.30. The molecule has 0 amide bonds. The van der Waals surface area contributed by atoms with Crippen LogP contribution in [0.2, 0.25) is 0 Å². The number of methoxy groups -OCH3 is 2. The topological polar surface area (TPSA) is 67.9 Å². The van der Waals surface area contributed by atoms with E-state index in [0.717, 1.165) is 0 Å². The first-order valence-corrected chi connectivity index (χ1v) is 7.12. The molecule has 0 aromatic carbocycles. The number of rotatable bonds is 10. The molecule has 0 spiro atoms. The van der Waals surface area contributed by atoms with Gasteiger partial charge in [-0.05, 0) is 14.0 Å². The molecular weight excluding hydrogens is 244 g/mol. The van der Waals surface area contributed by atoms with Crippen LogP contribution in [0.3, 0.4) is 0 Å². The van der Waals surface area contributed by atoms with Gasteiger partial charge in [-0.15, -0.1) is 0 Å². The van der Waals surface area contributed by atoms with Gasteiger partial charge in [0, 0.05) is 33.9 Å². The van der Waals surface area contributed by atoms with Gasteiger partial charge in [0.1, 0.15) is 0 Å². The van der Waals surface area contributed by atoms with Gasteiger partial charge in [0.25, 0.3) is 0 Å². The van der Waals surface area contributed by atoms with Crippen molar-refractivity contribution < 1.29 is 17.9 Å². The molecule has 0 fully saturated rings. The summed E-state index contributed by atoms with van der Waals surface area (Å²) in [5, 5.41) is 2.42. The Balaban J connectivity index is 4.62. The van der Waals surface area contributed by atoms with Crippen molar-refractivity contribution in [2.45, 2.75) is 12.2 Å². The summed E-state index contributed by atoms with van der Waals surface area (Å²) < 4.78 is 35.7. The summed E-state index contributed by atoms with van der Waals surface area (Å²) in [7, 11) is 1.55. The highest BCUT2D eigenvalue weighted by atomic mass is 32.2. The van der Waals surface area contributed by atoms with Crippen LogP contribution in [0.15, 0.2) is 0 Å². The molecule has 0 heterocycles. The van der Waals surface area contributed by atoms with Crippen LogP contribution in [0, 0.1) is 0 Å². The molecule has 1 atom stereocenters. The first kappa shape index (κ1) is 16.8. The van der Waals surface area contributed by atoms with Crippen molar-refractivity contribution in [3.63, 3.8) is 0 Å². The maximum atomic E-state index is 12.2. The van der Waals surface area contributed by atoms with Crippen LogP contribution in [-0.4, -0.2) is 72.1 Å². The second-order valence-electron chi connectivity index (χ2n) is 3.80. The van der Waals surface area contributed by atoms with Crippen LogP contribution in [0.4, 0.5) is 0 Å². The molecule has 1 N–H and O–H groups in total. The summed E-state index contributed by atoms with van der Waals surface area (Å²) in [6.07, 6.45) is 0. The van der Waals surface area contributed by atoms with Crippen LogP contribution in [0.25, 0.3) is 0 Å². The predicted molar refractivity (Wildman–Crippen MR) is 67.6 cm³/mol. The van der Waals surface area contributed by atoms with E-state index in [1.807, 2.05) is 0 Å². The Hall–Kier alpha value is -0.210. The summed E-state index contributed by atoms with van der Waals surface area (Å²) in [5.74, 6) is 0. The number of sulfonamides is 1. The van der Waals surface area contributed by atoms with Crippen molar-refractivity contribution in [1.82, 2.24) is 9.62 Å². The van der Waals surface area contributed by atoms with E-state index in [1.54, 1.807) is 28.2 Å². The molecule has 0 bridgehead atoms. The number of nitrogens with zero attached hydrogens (tertiary/aromatic N) is 1. The first-order chi connectivity index (χ1) is 8.00. The van der Waals surface area contributed by atoms with Gasteiger partial charge in [-0.25, -0.2) is 8.42 Å². The summed E-state index contributed by atoms with van der Waals surface area (Å²) in [6, 6.07) is 0. The normalized spacial score (nSPS) is 14.2. The van der Waals surface area contributed by atoms with E-state index in [9.17, 15) is 8.42 Å². The highest BCUT2D eigenvalue weighted by molar-refractivity contribution is 7.89. The average Bonchev–Trinajstić information content (AvgIpc) is 2.29. The zero-order chi connectivity index (χ0) is 13.3. The SMILES string of the molecule is CNCC(C)S(=O)(=O)N(CCOC)CCOC. The Morgan fingerprint density at radius 3 is 2.00 bits per heavy atom. The minimum Gasteiger partial charge on any atom is -0.383 e. The molecule has 104 valence electrons. The summed E-state index contributed by atoms with van der Waals surface area (Å²) in [4.78, 5) is 0. The number of ether oxygens (including phenoxy) is 2. The molecule has 0 aromatic heterocycles. The Labute approximate surface area is 104 Å². The number of hydrogen-bond donors (Lipinski definition) is 1. The Kier molecular flexibility index (Phi) is 8.71. The summed E-state index contributed by atoms with van der Waals surface area (Å²) in [6.45, 7) is 3.61. The second-order valence-corrected chi connectivity index (χ2v) is 6.15. The number of hydrogen-bond acceptors (Lipinski definition) is 5. The number of nitrogens with one attached hydrogen (secondary N) is 1. The Bertz CT molecular complexity index is 274. The monoisotopic (exact) mass is 268 g/mol. The standard InChI is InChI=1S/C10H24N2O4S/c1-10(9-11-2)17(13,14)12(5-7-15-3)6-8-16-4/h10-11H,5-9H2,1-4H3. The summed E-state index contributed by atoms with van der Waals surface area (Å²) >= 11 is 0. The van der Waals surface area contributed by atoms with Gasteiger partial charge >= 0.3 is 0 Å². The third kappa shape index (κ3) is 5.78. The third-order valence-electron chi connectivity index (χ3n) is 2.45. The molecule has 0 saturated heterocycles. The molecular formula is C10H24N2O4S. The van der Waals surface area contributed by atoms with E-state index in [2.05, 4.69) is 5.32 Å². The van der Waals surface area contributed by atoms with Crippen LogP contribution in [0.1, 0.15) is 6.92 Å². The molecule has 0 rings (SSSR count). The molecule has 0 aliphatic rings. The molecule has 17 heavy (non-hydrogen) atoms. The Morgan fingerprint density at radius 2 is 1.65 bits per heavy atom. The highest BCUT2D eigenvalue weighted by Gasteiger charge is 2.27. The zero-order valence-corrected chi connectivity index (χ0v) is 11.9. The fraction of sp³-hybridized carbons (Fsp3) is 1.00. The zero-order valence-electron chi connectivity index (χ0n) is 11.1. The lowest BCUT2D eigenvalue weighted by molar-refractivity contribution is 0.150. The van der Waals surface area contributed by atoms with Gasteiger partial charge < -0.3 is 14.8 Å². The fourth-order valence-electron chi connectivity index (χ4n) is 1.40. The molecule has 0 aromatic rings. The van der Waals surface area contributed by atoms with Crippen LogP contribution < -0.4 is 5.32 Å². The molecule has 0 saturated carbocycles. The molecule has 0 aliphatic carbocycles. The van der Waals surface area contributed by atoms with Crippen molar-refractivity contribution in [1.29, 1.82) is 0 Å². The van der Waals surface area contributed by atoms with Gasteiger partial charge in [0.15, 0.2) is 0 Å². The van der Waals surface area contributed by atoms with Gasteiger partial charge in [-0.3, -0.25) is 0 Å². The molecule has 7 heteroatoms. The maximum Gasteiger partial charge on any atom is 0.218 e. The molecule has 6 nitrogen and oxygen atoms in total. The van der Waals surface area contributed by atoms with Crippen molar-refractivity contribution in [2.24, 2.45) is 0 Å².